The molecule has 0 radical (unpaired) electrons. The molecule has 2 rings (SSSR count). The van der Waals surface area contributed by atoms with Crippen LogP contribution in [0.3, 0.4) is 0 Å². The molecule has 0 amide bonds. The second kappa shape index (κ2) is 10.3. The van der Waals surface area contributed by atoms with Crippen molar-refractivity contribution in [2.24, 2.45) is 0 Å². The van der Waals surface area contributed by atoms with E-state index >= 15 is 0 Å². The van der Waals surface area contributed by atoms with Crippen LogP contribution in [-0.2, 0) is 16.1 Å². The fourth-order valence-electron chi connectivity index (χ4n) is 2.75. The van der Waals surface area contributed by atoms with Gasteiger partial charge in [-0.25, -0.2) is 4.79 Å². The largest absolute Gasteiger partial charge is 0.463 e. The summed E-state index contributed by atoms with van der Waals surface area (Å²) >= 11 is 0. The van der Waals surface area contributed by atoms with Gasteiger partial charge in [0.25, 0.3) is 0 Å². The van der Waals surface area contributed by atoms with Crippen molar-refractivity contribution in [3.8, 4) is 0 Å². The number of nitrogens with zero attached hydrogens (tertiary/aromatic N) is 1. The van der Waals surface area contributed by atoms with Gasteiger partial charge in [-0.05, 0) is 38.0 Å². The average Bonchev–Trinajstić information content (AvgIpc) is 2.67. The van der Waals surface area contributed by atoms with E-state index in [4.69, 9.17) is 4.74 Å². The lowest BCUT2D eigenvalue weighted by Gasteiger charge is -2.28. The van der Waals surface area contributed by atoms with Crippen LogP contribution in [0.4, 0.5) is 5.69 Å². The Morgan fingerprint density at radius 1 is 1.00 bits per heavy atom. The smallest absolute Gasteiger partial charge is 0.335 e. The lowest BCUT2D eigenvalue weighted by atomic mass is 10.1. The molecule has 2 aromatic rings. The number of hydrogen-bond donors (Lipinski definition) is 1. The number of hydrogen-bond acceptors (Lipinski definition) is 4. The van der Waals surface area contributed by atoms with Gasteiger partial charge in [-0.2, -0.15) is 0 Å². The van der Waals surface area contributed by atoms with Gasteiger partial charge in [0.1, 0.15) is 0 Å². The molecular weight excluding hydrogens is 324 g/mol. The number of nitrogens with one attached hydrogen (secondary N) is 1. The summed E-state index contributed by atoms with van der Waals surface area (Å²) in [4.78, 5) is 12.3. The number of anilines is 1. The summed E-state index contributed by atoms with van der Waals surface area (Å²) in [6.45, 7) is 6.89. The molecule has 0 saturated carbocycles. The standard InChI is InChI=1S/C22H28N2O2/c1-4-12-21(22(25)26-5-2)18(3)23-24(20-15-10-7-11-16-20)17-19-13-8-6-9-14-19/h6-11,13-16,23H,4-5,12,17H2,1-3H3. The van der Waals surface area contributed by atoms with Crippen LogP contribution in [0.2, 0.25) is 0 Å². The van der Waals surface area contributed by atoms with E-state index in [2.05, 4.69) is 29.5 Å². The Bertz CT molecular complexity index is 711. The van der Waals surface area contributed by atoms with Gasteiger partial charge in [-0.15, -0.1) is 0 Å². The highest BCUT2D eigenvalue weighted by Gasteiger charge is 2.16. The molecule has 0 atom stereocenters. The lowest BCUT2D eigenvalue weighted by Crippen LogP contribution is -2.37. The van der Waals surface area contributed by atoms with Crippen molar-refractivity contribution < 1.29 is 9.53 Å². The molecule has 0 spiro atoms. The Morgan fingerprint density at radius 2 is 1.62 bits per heavy atom. The SMILES string of the molecule is CCCC(C(=O)OCC)=C(C)NN(Cc1ccccc1)c1ccccc1. The van der Waals surface area contributed by atoms with Gasteiger partial charge < -0.3 is 10.2 Å². The number of allylic oxidation sites excluding steroid dienone is 1. The molecule has 0 aromatic heterocycles. The van der Waals surface area contributed by atoms with Crippen molar-refractivity contribution in [2.45, 2.75) is 40.2 Å². The predicted molar refractivity (Wildman–Crippen MR) is 106 cm³/mol. The molecule has 4 nitrogen and oxygen atoms in total. The van der Waals surface area contributed by atoms with Gasteiger partial charge in [-0.3, -0.25) is 5.01 Å². The van der Waals surface area contributed by atoms with Gasteiger partial charge in [0.15, 0.2) is 0 Å². The highest BCUT2D eigenvalue weighted by molar-refractivity contribution is 5.89. The van der Waals surface area contributed by atoms with Crippen molar-refractivity contribution in [3.05, 3.63) is 77.5 Å². The molecule has 0 bridgehead atoms. The van der Waals surface area contributed by atoms with E-state index in [1.54, 1.807) is 0 Å². The number of carbonyl (C=O) groups is 1. The quantitative estimate of drug-likeness (QED) is 0.398. The van der Waals surface area contributed by atoms with Crippen molar-refractivity contribution in [1.29, 1.82) is 0 Å². The van der Waals surface area contributed by atoms with Crippen molar-refractivity contribution in [3.63, 3.8) is 0 Å². The van der Waals surface area contributed by atoms with E-state index in [0.717, 1.165) is 17.8 Å². The molecule has 138 valence electrons. The maximum absolute atomic E-state index is 12.3. The zero-order chi connectivity index (χ0) is 18.8. The minimum Gasteiger partial charge on any atom is -0.463 e. The predicted octanol–water partition coefficient (Wildman–Crippen LogP) is 4.84. The van der Waals surface area contributed by atoms with Crippen LogP contribution in [0.1, 0.15) is 39.2 Å². The topological polar surface area (TPSA) is 41.6 Å². The normalized spacial score (nSPS) is 11.5. The molecule has 0 heterocycles. The summed E-state index contributed by atoms with van der Waals surface area (Å²) in [6.07, 6.45) is 1.57. The zero-order valence-electron chi connectivity index (χ0n) is 15.9. The first-order chi connectivity index (χ1) is 12.7. The van der Waals surface area contributed by atoms with E-state index in [-0.39, 0.29) is 5.97 Å². The van der Waals surface area contributed by atoms with Crippen LogP contribution in [-0.4, -0.2) is 12.6 Å². The molecule has 0 aliphatic carbocycles. The molecule has 0 aliphatic rings. The molecule has 0 aliphatic heterocycles. The number of benzene rings is 2. The number of rotatable bonds is 9. The maximum Gasteiger partial charge on any atom is 0.335 e. The Kier molecular flexibility index (Phi) is 7.75. The second-order valence-corrected chi connectivity index (χ2v) is 6.09. The van der Waals surface area contributed by atoms with Gasteiger partial charge in [-0.1, -0.05) is 61.9 Å². The summed E-state index contributed by atoms with van der Waals surface area (Å²) in [5.74, 6) is -0.243. The second-order valence-electron chi connectivity index (χ2n) is 6.09. The fraction of sp³-hybridized carbons (Fsp3) is 0.318. The first-order valence-electron chi connectivity index (χ1n) is 9.15. The number of hydrazine groups is 1. The summed E-state index contributed by atoms with van der Waals surface area (Å²) in [7, 11) is 0. The Labute approximate surface area is 156 Å². The summed E-state index contributed by atoms with van der Waals surface area (Å²) in [5, 5.41) is 2.06. The third-order valence-corrected chi connectivity index (χ3v) is 4.03. The van der Waals surface area contributed by atoms with Crippen LogP contribution in [0.5, 0.6) is 0 Å². The average molecular weight is 352 g/mol. The molecule has 1 N–H and O–H groups in total. The van der Waals surface area contributed by atoms with Crippen molar-refractivity contribution >= 4 is 11.7 Å². The van der Waals surface area contributed by atoms with Crippen LogP contribution < -0.4 is 10.4 Å². The Hall–Kier alpha value is -2.75. The van der Waals surface area contributed by atoms with Crippen molar-refractivity contribution in [1.82, 2.24) is 5.43 Å². The van der Waals surface area contributed by atoms with Gasteiger partial charge in [0.05, 0.1) is 24.4 Å². The van der Waals surface area contributed by atoms with Gasteiger partial charge >= 0.3 is 5.97 Å². The molecule has 0 saturated heterocycles. The first kappa shape index (κ1) is 19.6. The van der Waals surface area contributed by atoms with E-state index in [1.165, 1.54) is 5.56 Å². The zero-order valence-corrected chi connectivity index (χ0v) is 15.9. The Balaban J connectivity index is 2.29. The molecule has 0 fully saturated rings. The van der Waals surface area contributed by atoms with E-state index < -0.39 is 0 Å². The highest BCUT2D eigenvalue weighted by Crippen LogP contribution is 2.18. The van der Waals surface area contributed by atoms with Gasteiger partial charge in [0.2, 0.25) is 0 Å². The van der Waals surface area contributed by atoms with Crippen molar-refractivity contribution in [2.75, 3.05) is 11.6 Å². The first-order valence-corrected chi connectivity index (χ1v) is 9.15. The minimum atomic E-state index is -0.243. The van der Waals surface area contributed by atoms with Crippen LogP contribution in [0.15, 0.2) is 71.9 Å². The van der Waals surface area contributed by atoms with E-state index in [1.807, 2.05) is 62.4 Å². The van der Waals surface area contributed by atoms with Gasteiger partial charge in [0, 0.05) is 5.70 Å². The third-order valence-electron chi connectivity index (χ3n) is 4.03. The summed E-state index contributed by atoms with van der Waals surface area (Å²) in [5.41, 5.74) is 7.16. The minimum absolute atomic E-state index is 0.243. The lowest BCUT2D eigenvalue weighted by molar-refractivity contribution is -0.138. The third kappa shape index (κ3) is 5.66. The van der Waals surface area contributed by atoms with E-state index in [0.29, 0.717) is 25.1 Å². The summed E-state index contributed by atoms with van der Waals surface area (Å²) < 4.78 is 5.23. The van der Waals surface area contributed by atoms with E-state index in [9.17, 15) is 4.79 Å². The summed E-state index contributed by atoms with van der Waals surface area (Å²) in [6, 6.07) is 20.4. The molecule has 2 aromatic carbocycles. The molecule has 26 heavy (non-hydrogen) atoms. The van der Waals surface area contributed by atoms with Crippen LogP contribution >= 0.6 is 0 Å². The maximum atomic E-state index is 12.3. The number of carbonyl (C=O) groups excluding carboxylic acids is 1. The number of esters is 1. The fourth-order valence-corrected chi connectivity index (χ4v) is 2.75. The highest BCUT2D eigenvalue weighted by atomic mass is 16.5. The molecular formula is C22H28N2O2. The number of ether oxygens (including phenoxy) is 1. The number of para-hydroxylation sites is 1. The van der Waals surface area contributed by atoms with Crippen LogP contribution in [0, 0.1) is 0 Å². The van der Waals surface area contributed by atoms with Crippen LogP contribution in [0.25, 0.3) is 0 Å². The Morgan fingerprint density at radius 3 is 2.19 bits per heavy atom. The monoisotopic (exact) mass is 352 g/mol. The molecule has 0 unspecified atom stereocenters. The molecule has 4 heteroatoms.